The molecule has 0 fully saturated rings. The Labute approximate surface area is 61.2 Å². The minimum Gasteiger partial charge on any atom is -0.287 e. The van der Waals surface area contributed by atoms with E-state index in [0.29, 0.717) is 11.5 Å². The summed E-state index contributed by atoms with van der Waals surface area (Å²) >= 11 is 1.46. The summed E-state index contributed by atoms with van der Waals surface area (Å²) < 4.78 is 0. The van der Waals surface area contributed by atoms with Gasteiger partial charge in [0, 0.05) is 12.2 Å². The molecule has 9 heavy (non-hydrogen) atoms. The number of hydrogen-bond acceptors (Lipinski definition) is 2. The highest BCUT2D eigenvalue weighted by Crippen LogP contribution is 2.07. The summed E-state index contributed by atoms with van der Waals surface area (Å²) in [6.07, 6.45) is 3.02. The molecule has 0 rings (SSSR count). The molecule has 0 bridgehead atoms. The smallest absolute Gasteiger partial charge is 0.188 e. The van der Waals surface area contributed by atoms with Gasteiger partial charge in [-0.3, -0.25) is 4.79 Å². The predicted molar refractivity (Wildman–Crippen MR) is 42.7 cm³/mol. The van der Waals surface area contributed by atoms with Gasteiger partial charge in [-0.15, -0.1) is 0 Å². The van der Waals surface area contributed by atoms with E-state index in [1.165, 1.54) is 18.2 Å². The molecule has 0 saturated heterocycles. The normalized spacial score (nSPS) is 9.56. The molecule has 0 atom stereocenters. The van der Waals surface area contributed by atoms with Crippen LogP contribution in [0, 0.1) is 0 Å². The molecule has 0 unspecified atom stereocenters. The zero-order chi connectivity index (χ0) is 7.11. The molecule has 0 radical (unpaired) electrons. The fraction of sp³-hybridized carbons (Fsp3) is 0.857. The maximum Gasteiger partial charge on any atom is 0.188 e. The van der Waals surface area contributed by atoms with Crippen molar-refractivity contribution in [1.82, 2.24) is 0 Å². The molecular formula is C7H14OS. The summed E-state index contributed by atoms with van der Waals surface area (Å²) in [5.41, 5.74) is 0. The van der Waals surface area contributed by atoms with Crippen LogP contribution in [0.3, 0.4) is 0 Å². The van der Waals surface area contributed by atoms with Crippen LogP contribution < -0.4 is 0 Å². The first-order valence-electron chi connectivity index (χ1n) is 3.46. The number of thioether (sulfide) groups is 1. The number of unbranched alkanes of at least 4 members (excludes halogenated alkanes) is 1. The Bertz CT molecular complexity index is 81.0. The average Bonchev–Trinajstić information content (AvgIpc) is 1.89. The summed E-state index contributed by atoms with van der Waals surface area (Å²) in [7, 11) is 0. The van der Waals surface area contributed by atoms with Crippen LogP contribution in [0.15, 0.2) is 0 Å². The Kier molecular flexibility index (Phi) is 6.16. The first-order valence-corrected chi connectivity index (χ1v) is 4.45. The van der Waals surface area contributed by atoms with E-state index in [9.17, 15) is 4.79 Å². The van der Waals surface area contributed by atoms with Gasteiger partial charge in [0.1, 0.15) is 0 Å². The van der Waals surface area contributed by atoms with Crippen molar-refractivity contribution in [1.29, 1.82) is 0 Å². The third-order valence-electron chi connectivity index (χ3n) is 1.05. The number of hydrogen-bond donors (Lipinski definition) is 0. The monoisotopic (exact) mass is 146 g/mol. The number of rotatable bonds is 4. The summed E-state index contributed by atoms with van der Waals surface area (Å²) in [5.74, 6) is 1.00. The first-order chi connectivity index (χ1) is 4.31. The molecule has 0 aliphatic rings. The largest absolute Gasteiger partial charge is 0.287 e. The molecule has 0 amide bonds. The van der Waals surface area contributed by atoms with Gasteiger partial charge >= 0.3 is 0 Å². The summed E-state index contributed by atoms with van der Waals surface area (Å²) in [6.45, 7) is 4.04. The Balaban J connectivity index is 2.97. The summed E-state index contributed by atoms with van der Waals surface area (Å²) in [4.78, 5) is 10.6. The van der Waals surface area contributed by atoms with Crippen molar-refractivity contribution < 1.29 is 4.79 Å². The second kappa shape index (κ2) is 6.14. The van der Waals surface area contributed by atoms with Crippen LogP contribution in [0.25, 0.3) is 0 Å². The van der Waals surface area contributed by atoms with E-state index >= 15 is 0 Å². The van der Waals surface area contributed by atoms with E-state index < -0.39 is 0 Å². The highest BCUT2D eigenvalue weighted by atomic mass is 32.2. The van der Waals surface area contributed by atoms with Crippen LogP contribution in [0.5, 0.6) is 0 Å². The van der Waals surface area contributed by atoms with Crippen LogP contribution in [0.1, 0.15) is 33.1 Å². The van der Waals surface area contributed by atoms with E-state index in [0.717, 1.165) is 12.2 Å². The lowest BCUT2D eigenvalue weighted by atomic mass is 10.4. The SMILES string of the molecule is CCCCSC(=O)CC. The van der Waals surface area contributed by atoms with E-state index in [2.05, 4.69) is 6.92 Å². The van der Waals surface area contributed by atoms with Gasteiger partial charge < -0.3 is 0 Å². The minimum absolute atomic E-state index is 0.323. The summed E-state index contributed by atoms with van der Waals surface area (Å²) in [5, 5.41) is 0.323. The van der Waals surface area contributed by atoms with Crippen molar-refractivity contribution in [3.8, 4) is 0 Å². The van der Waals surface area contributed by atoms with Gasteiger partial charge in [0.05, 0.1) is 0 Å². The van der Waals surface area contributed by atoms with Crippen molar-refractivity contribution >= 4 is 16.9 Å². The van der Waals surface area contributed by atoms with Crippen LogP contribution >= 0.6 is 11.8 Å². The molecule has 0 saturated carbocycles. The second-order valence-corrected chi connectivity index (χ2v) is 3.08. The van der Waals surface area contributed by atoms with Crippen LogP contribution in [0.2, 0.25) is 0 Å². The molecule has 0 heterocycles. The highest BCUT2D eigenvalue weighted by Gasteiger charge is 1.95. The molecule has 0 aliphatic heterocycles. The maximum absolute atomic E-state index is 10.6. The molecule has 0 aromatic rings. The lowest BCUT2D eigenvalue weighted by molar-refractivity contribution is -0.110. The highest BCUT2D eigenvalue weighted by molar-refractivity contribution is 8.13. The van der Waals surface area contributed by atoms with Crippen molar-refractivity contribution in [2.45, 2.75) is 33.1 Å². The third-order valence-corrected chi connectivity index (χ3v) is 2.15. The summed E-state index contributed by atoms with van der Waals surface area (Å²) in [6, 6.07) is 0. The van der Waals surface area contributed by atoms with Gasteiger partial charge in [0.2, 0.25) is 0 Å². The van der Waals surface area contributed by atoms with E-state index in [4.69, 9.17) is 0 Å². The van der Waals surface area contributed by atoms with Crippen LogP contribution in [0.4, 0.5) is 0 Å². The van der Waals surface area contributed by atoms with Crippen molar-refractivity contribution in [2.24, 2.45) is 0 Å². The van der Waals surface area contributed by atoms with E-state index in [1.54, 1.807) is 0 Å². The van der Waals surface area contributed by atoms with E-state index in [-0.39, 0.29) is 0 Å². The predicted octanol–water partition coefficient (Wildman–Crippen LogP) is 2.46. The van der Waals surface area contributed by atoms with Crippen LogP contribution in [-0.4, -0.2) is 10.9 Å². The van der Waals surface area contributed by atoms with Crippen molar-refractivity contribution in [3.05, 3.63) is 0 Å². The zero-order valence-corrected chi connectivity index (χ0v) is 6.96. The standard InChI is InChI=1S/C7H14OS/c1-3-5-6-9-7(8)4-2/h3-6H2,1-2H3. The Morgan fingerprint density at radius 3 is 2.56 bits per heavy atom. The maximum atomic E-state index is 10.6. The van der Waals surface area contributed by atoms with Crippen molar-refractivity contribution in [2.75, 3.05) is 5.75 Å². The number of carbonyl (C=O) groups is 1. The molecular weight excluding hydrogens is 132 g/mol. The third kappa shape index (κ3) is 5.90. The molecule has 0 N–H and O–H groups in total. The molecule has 2 heteroatoms. The fourth-order valence-electron chi connectivity index (χ4n) is 0.432. The Hall–Kier alpha value is 0.0200. The number of carbonyl (C=O) groups excluding carboxylic acids is 1. The molecule has 0 aromatic heterocycles. The molecule has 0 aliphatic carbocycles. The Morgan fingerprint density at radius 2 is 2.11 bits per heavy atom. The van der Waals surface area contributed by atoms with Gasteiger partial charge in [0.15, 0.2) is 5.12 Å². The second-order valence-electron chi connectivity index (χ2n) is 1.93. The molecule has 0 aromatic carbocycles. The average molecular weight is 146 g/mol. The van der Waals surface area contributed by atoms with Gasteiger partial charge in [0.25, 0.3) is 0 Å². The lowest BCUT2D eigenvalue weighted by Gasteiger charge is -1.93. The quantitative estimate of drug-likeness (QED) is 0.567. The molecule has 54 valence electrons. The lowest BCUT2D eigenvalue weighted by Crippen LogP contribution is -1.89. The van der Waals surface area contributed by atoms with Gasteiger partial charge in [-0.05, 0) is 6.42 Å². The van der Waals surface area contributed by atoms with Gasteiger partial charge in [-0.25, -0.2) is 0 Å². The van der Waals surface area contributed by atoms with E-state index in [1.807, 2.05) is 6.92 Å². The topological polar surface area (TPSA) is 17.1 Å². The first kappa shape index (κ1) is 9.02. The molecule has 0 spiro atoms. The minimum atomic E-state index is 0.323. The zero-order valence-electron chi connectivity index (χ0n) is 6.14. The Morgan fingerprint density at radius 1 is 1.44 bits per heavy atom. The van der Waals surface area contributed by atoms with Crippen LogP contribution in [-0.2, 0) is 4.79 Å². The van der Waals surface area contributed by atoms with Crippen molar-refractivity contribution in [3.63, 3.8) is 0 Å². The van der Waals surface area contributed by atoms with Gasteiger partial charge in [-0.1, -0.05) is 32.0 Å². The fourth-order valence-corrected chi connectivity index (χ4v) is 1.30. The molecule has 1 nitrogen and oxygen atoms in total. The van der Waals surface area contributed by atoms with Gasteiger partial charge in [-0.2, -0.15) is 0 Å².